The fourth-order valence-corrected chi connectivity index (χ4v) is 1.33. The van der Waals surface area contributed by atoms with E-state index in [-0.39, 0.29) is 12.0 Å². The van der Waals surface area contributed by atoms with Crippen LogP contribution in [0, 0.1) is 5.82 Å². The zero-order chi connectivity index (χ0) is 13.2. The monoisotopic (exact) mass is 250 g/mol. The van der Waals surface area contributed by atoms with Gasteiger partial charge in [0.1, 0.15) is 5.82 Å². The van der Waals surface area contributed by atoms with Gasteiger partial charge < -0.3 is 11.5 Å². The number of hydrogen-bond donors (Lipinski definition) is 2. The summed E-state index contributed by atoms with van der Waals surface area (Å²) in [6.45, 7) is 0. The maximum Gasteiger partial charge on any atom is 0.419 e. The highest BCUT2D eigenvalue weighted by molar-refractivity contribution is 5.74. The molecule has 0 saturated heterocycles. The lowest BCUT2D eigenvalue weighted by Crippen LogP contribution is -2.21. The minimum absolute atomic E-state index is 0.0116. The lowest BCUT2D eigenvalue weighted by molar-refractivity contribution is -0.140. The lowest BCUT2D eigenvalue weighted by Gasteiger charge is -2.13. The molecule has 0 aliphatic rings. The SMILES string of the molecule is NC(=O)CC(N)c1ccc(F)c(C(F)(F)F)c1. The number of rotatable bonds is 3. The molecule has 0 aliphatic carbocycles. The Labute approximate surface area is 94.4 Å². The third kappa shape index (κ3) is 3.42. The molecule has 0 bridgehead atoms. The number of amides is 1. The molecule has 17 heavy (non-hydrogen) atoms. The van der Waals surface area contributed by atoms with Gasteiger partial charge in [-0.2, -0.15) is 13.2 Å². The molecule has 0 saturated carbocycles. The standard InChI is InChI=1S/C10H10F4N2O/c11-7-2-1-5(8(15)4-9(16)17)3-6(7)10(12,13)14/h1-3,8H,4,15H2,(H2,16,17). The van der Waals surface area contributed by atoms with Crippen molar-refractivity contribution in [1.29, 1.82) is 0 Å². The van der Waals surface area contributed by atoms with E-state index in [4.69, 9.17) is 11.5 Å². The number of hydrogen-bond acceptors (Lipinski definition) is 2. The highest BCUT2D eigenvalue weighted by Crippen LogP contribution is 2.33. The van der Waals surface area contributed by atoms with Crippen LogP contribution in [0.4, 0.5) is 17.6 Å². The molecule has 94 valence electrons. The van der Waals surface area contributed by atoms with Crippen LogP contribution < -0.4 is 11.5 Å². The van der Waals surface area contributed by atoms with Crippen LogP contribution in [0.1, 0.15) is 23.6 Å². The van der Waals surface area contributed by atoms with E-state index in [2.05, 4.69) is 0 Å². The first-order valence-electron chi connectivity index (χ1n) is 4.62. The highest BCUT2D eigenvalue weighted by atomic mass is 19.4. The van der Waals surface area contributed by atoms with Gasteiger partial charge in [0.25, 0.3) is 0 Å². The quantitative estimate of drug-likeness (QED) is 0.802. The van der Waals surface area contributed by atoms with Crippen molar-refractivity contribution in [2.75, 3.05) is 0 Å². The van der Waals surface area contributed by atoms with Crippen molar-refractivity contribution >= 4 is 5.91 Å². The molecule has 1 unspecified atom stereocenters. The molecule has 0 heterocycles. The van der Waals surface area contributed by atoms with E-state index in [1.807, 2.05) is 0 Å². The first-order valence-corrected chi connectivity index (χ1v) is 4.62. The van der Waals surface area contributed by atoms with Gasteiger partial charge in [0.15, 0.2) is 0 Å². The Morgan fingerprint density at radius 2 is 1.94 bits per heavy atom. The van der Waals surface area contributed by atoms with E-state index < -0.39 is 29.5 Å². The van der Waals surface area contributed by atoms with E-state index >= 15 is 0 Å². The fourth-order valence-electron chi connectivity index (χ4n) is 1.33. The number of alkyl halides is 3. The summed E-state index contributed by atoms with van der Waals surface area (Å²) < 4.78 is 50.1. The molecule has 0 fully saturated rings. The van der Waals surface area contributed by atoms with Crippen LogP contribution in [0.15, 0.2) is 18.2 Å². The molecule has 0 aliphatic heterocycles. The summed E-state index contributed by atoms with van der Waals surface area (Å²) in [7, 11) is 0. The molecule has 0 aromatic heterocycles. The van der Waals surface area contributed by atoms with Gasteiger partial charge in [-0.3, -0.25) is 4.79 Å². The van der Waals surface area contributed by atoms with E-state index in [0.717, 1.165) is 6.07 Å². The Bertz CT molecular complexity index is 431. The van der Waals surface area contributed by atoms with Gasteiger partial charge in [0, 0.05) is 12.5 Å². The van der Waals surface area contributed by atoms with Crippen LogP contribution in [0.3, 0.4) is 0 Å². The summed E-state index contributed by atoms with van der Waals surface area (Å²) in [6, 6.07) is 1.37. The van der Waals surface area contributed by atoms with Gasteiger partial charge in [-0.25, -0.2) is 4.39 Å². The molecular weight excluding hydrogens is 240 g/mol. The molecule has 1 rings (SSSR count). The van der Waals surface area contributed by atoms with Crippen molar-refractivity contribution in [3.8, 4) is 0 Å². The van der Waals surface area contributed by atoms with Crippen molar-refractivity contribution in [2.45, 2.75) is 18.6 Å². The average molecular weight is 250 g/mol. The maximum absolute atomic E-state index is 12.9. The van der Waals surface area contributed by atoms with E-state index in [0.29, 0.717) is 12.1 Å². The second kappa shape index (κ2) is 4.70. The minimum Gasteiger partial charge on any atom is -0.370 e. The van der Waals surface area contributed by atoms with E-state index in [1.165, 1.54) is 0 Å². The number of nitrogens with two attached hydrogens (primary N) is 2. The summed E-state index contributed by atoms with van der Waals surface area (Å²) in [5.74, 6) is -2.12. The van der Waals surface area contributed by atoms with Crippen molar-refractivity contribution in [3.63, 3.8) is 0 Å². The molecule has 3 nitrogen and oxygen atoms in total. The predicted molar refractivity (Wildman–Crippen MR) is 52.1 cm³/mol. The summed E-state index contributed by atoms with van der Waals surface area (Å²) >= 11 is 0. The summed E-state index contributed by atoms with van der Waals surface area (Å²) in [4.78, 5) is 10.6. The molecule has 0 spiro atoms. The topological polar surface area (TPSA) is 69.1 Å². The number of primary amides is 1. The molecule has 4 N–H and O–H groups in total. The third-order valence-corrected chi connectivity index (χ3v) is 2.15. The van der Waals surface area contributed by atoms with E-state index in [9.17, 15) is 22.4 Å². The smallest absolute Gasteiger partial charge is 0.370 e. The Morgan fingerprint density at radius 1 is 1.35 bits per heavy atom. The molecule has 7 heteroatoms. The number of carbonyl (C=O) groups excluding carboxylic acids is 1. The zero-order valence-electron chi connectivity index (χ0n) is 8.59. The Hall–Kier alpha value is -1.63. The maximum atomic E-state index is 12.9. The summed E-state index contributed by atoms with van der Waals surface area (Å²) in [5, 5.41) is 0. The van der Waals surface area contributed by atoms with Gasteiger partial charge >= 0.3 is 6.18 Å². The second-order valence-electron chi connectivity index (χ2n) is 3.51. The molecule has 1 atom stereocenters. The van der Waals surface area contributed by atoms with Crippen LogP contribution in [-0.2, 0) is 11.0 Å². The molecule has 0 radical (unpaired) electrons. The third-order valence-electron chi connectivity index (χ3n) is 2.15. The molecule has 1 amide bonds. The minimum atomic E-state index is -4.80. The normalized spacial score (nSPS) is 13.5. The van der Waals surface area contributed by atoms with Gasteiger partial charge in [-0.05, 0) is 17.7 Å². The van der Waals surface area contributed by atoms with Crippen molar-refractivity contribution < 1.29 is 22.4 Å². The van der Waals surface area contributed by atoms with Gasteiger partial charge in [-0.1, -0.05) is 6.07 Å². The van der Waals surface area contributed by atoms with Crippen LogP contribution in [0.2, 0.25) is 0 Å². The van der Waals surface area contributed by atoms with Crippen molar-refractivity contribution in [3.05, 3.63) is 35.1 Å². The number of benzene rings is 1. The summed E-state index contributed by atoms with van der Waals surface area (Å²) in [6.07, 6.45) is -5.10. The van der Waals surface area contributed by atoms with Crippen LogP contribution in [-0.4, -0.2) is 5.91 Å². The first kappa shape index (κ1) is 13.4. The molecule has 1 aromatic carbocycles. The van der Waals surface area contributed by atoms with Crippen molar-refractivity contribution in [2.24, 2.45) is 11.5 Å². The van der Waals surface area contributed by atoms with Crippen molar-refractivity contribution in [1.82, 2.24) is 0 Å². The summed E-state index contributed by atoms with van der Waals surface area (Å²) in [5.41, 5.74) is 8.94. The largest absolute Gasteiger partial charge is 0.419 e. The molecular formula is C10H10F4N2O. The fraction of sp³-hybridized carbons (Fsp3) is 0.300. The number of carbonyl (C=O) groups is 1. The van der Waals surface area contributed by atoms with Gasteiger partial charge in [0.05, 0.1) is 5.56 Å². The Morgan fingerprint density at radius 3 is 2.41 bits per heavy atom. The van der Waals surface area contributed by atoms with E-state index in [1.54, 1.807) is 0 Å². The second-order valence-corrected chi connectivity index (χ2v) is 3.51. The Kier molecular flexibility index (Phi) is 3.72. The average Bonchev–Trinajstić information content (AvgIpc) is 2.15. The van der Waals surface area contributed by atoms with Gasteiger partial charge in [-0.15, -0.1) is 0 Å². The van der Waals surface area contributed by atoms with Gasteiger partial charge in [0.2, 0.25) is 5.91 Å². The lowest BCUT2D eigenvalue weighted by atomic mass is 10.0. The zero-order valence-corrected chi connectivity index (χ0v) is 8.59. The highest BCUT2D eigenvalue weighted by Gasteiger charge is 2.34. The Balaban J connectivity index is 3.08. The van der Waals surface area contributed by atoms with Crippen LogP contribution in [0.25, 0.3) is 0 Å². The molecule has 1 aromatic rings. The number of halogens is 4. The van der Waals surface area contributed by atoms with Crippen LogP contribution in [0.5, 0.6) is 0 Å². The predicted octanol–water partition coefficient (Wildman–Crippen LogP) is 1.72. The van der Waals surface area contributed by atoms with Crippen LogP contribution >= 0.6 is 0 Å². The first-order chi connectivity index (χ1) is 7.71.